The molecule has 0 aromatic heterocycles. The van der Waals surface area contributed by atoms with Crippen molar-refractivity contribution in [2.24, 2.45) is 5.41 Å². The van der Waals surface area contributed by atoms with E-state index in [4.69, 9.17) is 15.3 Å². The lowest BCUT2D eigenvalue weighted by molar-refractivity contribution is -0.151. The molecule has 0 saturated carbocycles. The van der Waals surface area contributed by atoms with E-state index in [1.54, 1.807) is 0 Å². The molecule has 1 unspecified atom stereocenters. The van der Waals surface area contributed by atoms with Crippen LogP contribution in [0.5, 0.6) is 0 Å². The predicted molar refractivity (Wildman–Crippen MR) is 44.3 cm³/mol. The molecule has 0 spiro atoms. The highest BCUT2D eigenvalue weighted by Crippen LogP contribution is 2.23. The van der Waals surface area contributed by atoms with Gasteiger partial charge in [0, 0.05) is 6.42 Å². The zero-order valence-corrected chi connectivity index (χ0v) is 7.49. The van der Waals surface area contributed by atoms with Gasteiger partial charge in [-0.15, -0.1) is 0 Å². The van der Waals surface area contributed by atoms with Crippen LogP contribution in [0.1, 0.15) is 26.2 Å². The molecule has 0 radical (unpaired) electrons. The van der Waals surface area contributed by atoms with Crippen LogP contribution in [-0.4, -0.2) is 33.9 Å². The van der Waals surface area contributed by atoms with Gasteiger partial charge < -0.3 is 15.3 Å². The fourth-order valence-electron chi connectivity index (χ4n) is 0.883. The highest BCUT2D eigenvalue weighted by molar-refractivity contribution is 5.74. The molecule has 0 saturated heterocycles. The summed E-state index contributed by atoms with van der Waals surface area (Å²) in [7, 11) is 0. The summed E-state index contributed by atoms with van der Waals surface area (Å²) >= 11 is 0. The Labute approximate surface area is 76.0 Å². The molecular weight excluding hydrogens is 176 g/mol. The molecule has 1 atom stereocenters. The molecule has 3 N–H and O–H groups in total. The number of carboxylic acids is 2. The van der Waals surface area contributed by atoms with E-state index in [1.165, 1.54) is 6.92 Å². The molecule has 0 aromatic carbocycles. The lowest BCUT2D eigenvalue weighted by atomic mass is 9.86. The minimum Gasteiger partial charge on any atom is -0.481 e. The van der Waals surface area contributed by atoms with Gasteiger partial charge in [0.25, 0.3) is 0 Å². The second-order valence-electron chi connectivity index (χ2n) is 3.27. The van der Waals surface area contributed by atoms with Gasteiger partial charge in [-0.3, -0.25) is 9.59 Å². The third kappa shape index (κ3) is 3.89. The molecule has 0 bridgehead atoms. The smallest absolute Gasteiger partial charge is 0.311 e. The Morgan fingerprint density at radius 3 is 2.15 bits per heavy atom. The third-order valence-electron chi connectivity index (χ3n) is 1.98. The average molecular weight is 190 g/mol. The lowest BCUT2D eigenvalue weighted by Gasteiger charge is -2.21. The number of carboxylic acid groups (broad SMARTS) is 2. The molecule has 0 fully saturated rings. The van der Waals surface area contributed by atoms with Gasteiger partial charge in [-0.05, 0) is 19.8 Å². The number of aliphatic hydroxyl groups excluding tert-OH is 1. The molecule has 0 heterocycles. The summed E-state index contributed by atoms with van der Waals surface area (Å²) in [6.45, 7) is 0.930. The summed E-state index contributed by atoms with van der Waals surface area (Å²) in [5, 5.41) is 25.8. The van der Waals surface area contributed by atoms with Gasteiger partial charge in [0.05, 0.1) is 12.0 Å². The fraction of sp³-hybridized carbons (Fsp3) is 0.750. The molecule has 0 amide bonds. The number of hydrogen-bond donors (Lipinski definition) is 3. The second kappa shape index (κ2) is 4.81. The molecular formula is C8H14O5. The molecule has 13 heavy (non-hydrogen) atoms. The van der Waals surface area contributed by atoms with E-state index in [0.29, 0.717) is 0 Å². The van der Waals surface area contributed by atoms with Gasteiger partial charge in [-0.2, -0.15) is 0 Å². The molecule has 0 aliphatic carbocycles. The zero-order valence-electron chi connectivity index (χ0n) is 7.49. The van der Waals surface area contributed by atoms with Crippen LogP contribution in [0.2, 0.25) is 0 Å². The van der Waals surface area contributed by atoms with Crippen molar-refractivity contribution in [3.63, 3.8) is 0 Å². The van der Waals surface area contributed by atoms with Crippen LogP contribution in [0.4, 0.5) is 0 Å². The van der Waals surface area contributed by atoms with E-state index < -0.39 is 24.0 Å². The molecule has 0 aliphatic heterocycles. The van der Waals surface area contributed by atoms with Crippen molar-refractivity contribution >= 4 is 11.9 Å². The maximum Gasteiger partial charge on any atom is 0.311 e. The van der Waals surface area contributed by atoms with Crippen molar-refractivity contribution in [2.45, 2.75) is 26.2 Å². The Hall–Kier alpha value is -1.10. The normalized spacial score (nSPS) is 14.9. The van der Waals surface area contributed by atoms with Gasteiger partial charge >= 0.3 is 11.9 Å². The zero-order chi connectivity index (χ0) is 10.5. The average Bonchev–Trinajstić information content (AvgIpc) is 2.03. The number of rotatable bonds is 6. The van der Waals surface area contributed by atoms with Crippen molar-refractivity contribution in [1.82, 2.24) is 0 Å². The standard InChI is InChI=1S/C8H14O5/c1-8(5-9,7(12)13)4-2-3-6(10)11/h9H,2-5H2,1H3,(H,10,11)(H,12,13). The number of aliphatic carboxylic acids is 2. The van der Waals surface area contributed by atoms with Crippen LogP contribution in [0.25, 0.3) is 0 Å². The summed E-state index contributed by atoms with van der Waals surface area (Å²) in [4.78, 5) is 20.8. The summed E-state index contributed by atoms with van der Waals surface area (Å²) < 4.78 is 0. The van der Waals surface area contributed by atoms with E-state index in [0.717, 1.165) is 0 Å². The molecule has 0 aromatic rings. The number of hydrogen-bond acceptors (Lipinski definition) is 3. The van der Waals surface area contributed by atoms with Crippen molar-refractivity contribution in [2.75, 3.05) is 6.61 Å². The Bertz CT molecular complexity index is 201. The molecule has 0 rings (SSSR count). The monoisotopic (exact) mass is 190 g/mol. The Morgan fingerprint density at radius 1 is 1.31 bits per heavy atom. The first kappa shape index (κ1) is 11.9. The van der Waals surface area contributed by atoms with Gasteiger partial charge in [0.15, 0.2) is 0 Å². The number of aliphatic hydroxyl groups is 1. The molecule has 0 aliphatic rings. The lowest BCUT2D eigenvalue weighted by Crippen LogP contribution is -2.31. The van der Waals surface area contributed by atoms with Crippen LogP contribution >= 0.6 is 0 Å². The van der Waals surface area contributed by atoms with E-state index in [1.807, 2.05) is 0 Å². The fourth-order valence-corrected chi connectivity index (χ4v) is 0.883. The van der Waals surface area contributed by atoms with Crippen molar-refractivity contribution in [1.29, 1.82) is 0 Å². The topological polar surface area (TPSA) is 94.8 Å². The Morgan fingerprint density at radius 2 is 1.85 bits per heavy atom. The summed E-state index contributed by atoms with van der Waals surface area (Å²) in [5.41, 5.74) is -1.21. The Kier molecular flexibility index (Phi) is 4.40. The van der Waals surface area contributed by atoms with Crippen LogP contribution in [0.15, 0.2) is 0 Å². The van der Waals surface area contributed by atoms with E-state index in [-0.39, 0.29) is 19.3 Å². The van der Waals surface area contributed by atoms with Crippen LogP contribution < -0.4 is 0 Å². The van der Waals surface area contributed by atoms with Crippen LogP contribution in [-0.2, 0) is 9.59 Å². The first-order valence-electron chi connectivity index (χ1n) is 3.98. The van der Waals surface area contributed by atoms with E-state index in [9.17, 15) is 9.59 Å². The van der Waals surface area contributed by atoms with Gasteiger partial charge in [-0.1, -0.05) is 0 Å². The van der Waals surface area contributed by atoms with Gasteiger partial charge in [-0.25, -0.2) is 0 Å². The van der Waals surface area contributed by atoms with Crippen molar-refractivity contribution < 1.29 is 24.9 Å². The first-order chi connectivity index (χ1) is 5.92. The molecule has 5 heteroatoms. The minimum absolute atomic E-state index is 0.0666. The summed E-state index contributed by atoms with van der Waals surface area (Å²) in [6.07, 6.45) is 0.368. The minimum atomic E-state index is -1.21. The van der Waals surface area contributed by atoms with Gasteiger partial charge in [0.1, 0.15) is 0 Å². The van der Waals surface area contributed by atoms with E-state index in [2.05, 4.69) is 0 Å². The molecule has 76 valence electrons. The molecule has 5 nitrogen and oxygen atoms in total. The van der Waals surface area contributed by atoms with Crippen molar-refractivity contribution in [3.8, 4) is 0 Å². The number of carbonyl (C=O) groups is 2. The highest BCUT2D eigenvalue weighted by Gasteiger charge is 2.31. The SMILES string of the molecule is CC(CO)(CCCC(=O)O)C(=O)O. The van der Waals surface area contributed by atoms with E-state index >= 15 is 0 Å². The first-order valence-corrected chi connectivity index (χ1v) is 3.98. The van der Waals surface area contributed by atoms with Crippen molar-refractivity contribution in [3.05, 3.63) is 0 Å². The third-order valence-corrected chi connectivity index (χ3v) is 1.98. The predicted octanol–water partition coefficient (Wildman–Crippen LogP) is 0.324. The van der Waals surface area contributed by atoms with Crippen LogP contribution in [0.3, 0.4) is 0 Å². The highest BCUT2D eigenvalue weighted by atomic mass is 16.4. The summed E-state index contributed by atoms with van der Waals surface area (Å²) in [5.74, 6) is -2.05. The van der Waals surface area contributed by atoms with Crippen LogP contribution in [0, 0.1) is 5.41 Å². The maximum atomic E-state index is 10.6. The quantitative estimate of drug-likeness (QED) is 0.560. The summed E-state index contributed by atoms with van der Waals surface area (Å²) in [6, 6.07) is 0. The second-order valence-corrected chi connectivity index (χ2v) is 3.27. The largest absolute Gasteiger partial charge is 0.481 e. The van der Waals surface area contributed by atoms with Gasteiger partial charge in [0.2, 0.25) is 0 Å². The maximum absolute atomic E-state index is 10.6. The Balaban J connectivity index is 3.98.